The first-order chi connectivity index (χ1) is 9.43. The zero-order valence-corrected chi connectivity index (χ0v) is 11.9. The molecule has 0 fully saturated rings. The normalized spacial score (nSPS) is 10.4. The molecule has 0 aliphatic rings. The second-order valence-electron chi connectivity index (χ2n) is 4.04. The third-order valence-corrected chi connectivity index (χ3v) is 3.54. The van der Waals surface area contributed by atoms with Gasteiger partial charge in [-0.05, 0) is 30.3 Å². The largest absolute Gasteiger partial charge is 0.496 e. The number of methoxy groups -OCH3 is 1. The van der Waals surface area contributed by atoms with Crippen molar-refractivity contribution in [2.45, 2.75) is 0 Å². The molecule has 2 N–H and O–H groups in total. The molecule has 2 aromatic carbocycles. The maximum absolute atomic E-state index is 13.3. The summed E-state index contributed by atoms with van der Waals surface area (Å²) in [4.78, 5) is 12.4. The number of carbonyl (C=O) groups excluding carboxylic acids is 1. The zero-order valence-electron chi connectivity index (χ0n) is 10.4. The Bertz CT molecular complexity index is 666. The van der Waals surface area contributed by atoms with Crippen LogP contribution in [0, 0.1) is 5.82 Å². The predicted molar refractivity (Wildman–Crippen MR) is 77.3 cm³/mol. The molecule has 0 unspecified atom stereocenters. The summed E-state index contributed by atoms with van der Waals surface area (Å²) in [5.74, 6) is -0.727. The number of anilines is 1. The second kappa shape index (κ2) is 5.69. The lowest BCUT2D eigenvalue weighted by Crippen LogP contribution is -2.05. The van der Waals surface area contributed by atoms with Crippen molar-refractivity contribution < 1.29 is 13.9 Å². The molecule has 0 heterocycles. The van der Waals surface area contributed by atoms with Crippen LogP contribution in [0.25, 0.3) is 0 Å². The molecule has 0 bridgehead atoms. The van der Waals surface area contributed by atoms with E-state index in [1.54, 1.807) is 0 Å². The van der Waals surface area contributed by atoms with Crippen LogP contribution in [0.15, 0.2) is 30.3 Å². The number of hydrogen-bond acceptors (Lipinski definition) is 3. The van der Waals surface area contributed by atoms with E-state index in [0.717, 1.165) is 6.07 Å². The summed E-state index contributed by atoms with van der Waals surface area (Å²) in [5, 5.41) is 0.333. The van der Waals surface area contributed by atoms with E-state index >= 15 is 0 Å². The van der Waals surface area contributed by atoms with Crippen molar-refractivity contribution in [3.8, 4) is 5.75 Å². The van der Waals surface area contributed by atoms with Gasteiger partial charge in [-0.3, -0.25) is 4.79 Å². The maximum atomic E-state index is 13.3. The lowest BCUT2D eigenvalue weighted by atomic mass is 10.0. The van der Waals surface area contributed by atoms with Gasteiger partial charge in [0, 0.05) is 5.56 Å². The average Bonchev–Trinajstić information content (AvgIpc) is 2.43. The summed E-state index contributed by atoms with van der Waals surface area (Å²) in [7, 11) is 1.40. The average molecular weight is 314 g/mol. The first-order valence-electron chi connectivity index (χ1n) is 5.56. The van der Waals surface area contributed by atoms with Crippen molar-refractivity contribution in [2.75, 3.05) is 12.8 Å². The minimum Gasteiger partial charge on any atom is -0.496 e. The van der Waals surface area contributed by atoms with Crippen LogP contribution in [0.4, 0.5) is 10.1 Å². The molecule has 0 atom stereocenters. The van der Waals surface area contributed by atoms with Gasteiger partial charge in [0.05, 0.1) is 28.4 Å². The highest BCUT2D eigenvalue weighted by atomic mass is 35.5. The summed E-state index contributed by atoms with van der Waals surface area (Å²) in [5.41, 5.74) is 6.14. The summed E-state index contributed by atoms with van der Waals surface area (Å²) < 4.78 is 18.4. The van der Waals surface area contributed by atoms with Crippen LogP contribution in [0.3, 0.4) is 0 Å². The lowest BCUT2D eigenvalue weighted by molar-refractivity contribution is 0.103. The number of carbonyl (C=O) groups is 1. The van der Waals surface area contributed by atoms with Crippen LogP contribution >= 0.6 is 23.2 Å². The number of rotatable bonds is 3. The highest BCUT2D eigenvalue weighted by molar-refractivity contribution is 6.44. The Morgan fingerprint density at radius 2 is 1.95 bits per heavy atom. The summed E-state index contributed by atoms with van der Waals surface area (Å²) in [6.45, 7) is 0. The fraction of sp³-hybridized carbons (Fsp3) is 0.0714. The highest BCUT2D eigenvalue weighted by Crippen LogP contribution is 2.31. The second-order valence-corrected chi connectivity index (χ2v) is 4.82. The third kappa shape index (κ3) is 2.71. The van der Waals surface area contributed by atoms with Gasteiger partial charge in [-0.1, -0.05) is 23.2 Å². The van der Waals surface area contributed by atoms with E-state index in [1.165, 1.54) is 31.4 Å². The summed E-state index contributed by atoms with van der Waals surface area (Å²) in [6, 6.07) is 6.45. The van der Waals surface area contributed by atoms with Gasteiger partial charge in [-0.2, -0.15) is 0 Å². The zero-order chi connectivity index (χ0) is 14.9. The Morgan fingerprint density at radius 3 is 2.55 bits per heavy atom. The molecule has 104 valence electrons. The van der Waals surface area contributed by atoms with E-state index in [-0.39, 0.29) is 32.6 Å². The number of nitrogens with two attached hydrogens (primary N) is 1. The van der Waals surface area contributed by atoms with E-state index in [9.17, 15) is 9.18 Å². The molecule has 0 saturated heterocycles. The lowest BCUT2D eigenvalue weighted by Gasteiger charge is -2.09. The van der Waals surface area contributed by atoms with Crippen molar-refractivity contribution in [2.24, 2.45) is 0 Å². The van der Waals surface area contributed by atoms with E-state index in [4.69, 9.17) is 33.7 Å². The number of ether oxygens (including phenoxy) is 1. The molecule has 0 saturated carbocycles. The van der Waals surface area contributed by atoms with Gasteiger partial charge in [0.15, 0.2) is 5.78 Å². The molecule has 0 radical (unpaired) electrons. The van der Waals surface area contributed by atoms with E-state index in [1.807, 2.05) is 0 Å². The van der Waals surface area contributed by atoms with E-state index in [2.05, 4.69) is 0 Å². The number of nitrogen functional groups attached to an aromatic ring is 1. The number of ketones is 1. The Labute approximate surface area is 125 Å². The molecule has 0 aliphatic heterocycles. The molecular formula is C14H10Cl2FNO2. The Kier molecular flexibility index (Phi) is 4.16. The Hall–Kier alpha value is -1.78. The molecule has 0 spiro atoms. The van der Waals surface area contributed by atoms with Crippen LogP contribution in [-0.2, 0) is 0 Å². The van der Waals surface area contributed by atoms with Crippen LogP contribution in [0.2, 0.25) is 10.0 Å². The Balaban J connectivity index is 2.54. The minimum atomic E-state index is -0.540. The van der Waals surface area contributed by atoms with Crippen LogP contribution in [0.1, 0.15) is 15.9 Å². The Morgan fingerprint density at radius 1 is 1.25 bits per heavy atom. The van der Waals surface area contributed by atoms with Gasteiger partial charge in [0.2, 0.25) is 0 Å². The molecular weight excluding hydrogens is 304 g/mol. The topological polar surface area (TPSA) is 52.3 Å². The predicted octanol–water partition coefficient (Wildman–Crippen LogP) is 3.95. The van der Waals surface area contributed by atoms with Crippen molar-refractivity contribution in [3.63, 3.8) is 0 Å². The first-order valence-corrected chi connectivity index (χ1v) is 6.32. The molecule has 0 amide bonds. The molecule has 6 heteroatoms. The van der Waals surface area contributed by atoms with Gasteiger partial charge >= 0.3 is 0 Å². The molecule has 2 aromatic rings. The highest BCUT2D eigenvalue weighted by Gasteiger charge is 2.17. The minimum absolute atomic E-state index is 0.0882. The summed E-state index contributed by atoms with van der Waals surface area (Å²) in [6.07, 6.45) is 0. The van der Waals surface area contributed by atoms with Crippen LogP contribution in [0.5, 0.6) is 5.75 Å². The van der Waals surface area contributed by atoms with Crippen molar-refractivity contribution in [3.05, 3.63) is 57.3 Å². The van der Waals surface area contributed by atoms with Crippen LogP contribution < -0.4 is 10.5 Å². The number of benzene rings is 2. The number of hydrogen-bond donors (Lipinski definition) is 1. The number of halogens is 3. The first kappa shape index (κ1) is 14.6. The van der Waals surface area contributed by atoms with Crippen molar-refractivity contribution >= 4 is 34.7 Å². The quantitative estimate of drug-likeness (QED) is 0.689. The van der Waals surface area contributed by atoms with Gasteiger partial charge < -0.3 is 10.5 Å². The van der Waals surface area contributed by atoms with Crippen LogP contribution in [-0.4, -0.2) is 12.9 Å². The van der Waals surface area contributed by atoms with Crippen molar-refractivity contribution in [1.29, 1.82) is 0 Å². The standard InChI is InChI=1S/C14H10Cl2FNO2/c1-20-12-3-2-8(17)6-9(12)14(19)7-4-10(15)13(16)11(18)5-7/h2-6H,18H2,1H3. The molecule has 3 nitrogen and oxygen atoms in total. The van der Waals surface area contributed by atoms with Gasteiger partial charge in [-0.25, -0.2) is 4.39 Å². The summed E-state index contributed by atoms with van der Waals surface area (Å²) >= 11 is 11.7. The molecule has 0 aromatic heterocycles. The van der Waals surface area contributed by atoms with Gasteiger partial charge in [0.1, 0.15) is 11.6 Å². The molecule has 2 rings (SSSR count). The SMILES string of the molecule is COc1ccc(F)cc1C(=O)c1cc(N)c(Cl)c(Cl)c1. The smallest absolute Gasteiger partial charge is 0.196 e. The fourth-order valence-electron chi connectivity index (χ4n) is 1.75. The monoisotopic (exact) mass is 313 g/mol. The third-order valence-electron chi connectivity index (χ3n) is 2.72. The molecule has 0 aliphatic carbocycles. The van der Waals surface area contributed by atoms with Gasteiger partial charge in [0.25, 0.3) is 0 Å². The van der Waals surface area contributed by atoms with Crippen molar-refractivity contribution in [1.82, 2.24) is 0 Å². The van der Waals surface area contributed by atoms with E-state index in [0.29, 0.717) is 0 Å². The molecule has 20 heavy (non-hydrogen) atoms. The fourth-order valence-corrected chi connectivity index (χ4v) is 2.09. The van der Waals surface area contributed by atoms with Gasteiger partial charge in [-0.15, -0.1) is 0 Å². The van der Waals surface area contributed by atoms with E-state index < -0.39 is 11.6 Å². The maximum Gasteiger partial charge on any atom is 0.196 e.